The lowest BCUT2D eigenvalue weighted by molar-refractivity contribution is -0.871. The topological polar surface area (TPSA) is 42.8 Å². The first-order chi connectivity index (χ1) is 10.6. The maximum atomic E-state index is 12.0. The molecular weight excluding hydrogens is 300 g/mol. The van der Waals surface area contributed by atoms with E-state index in [2.05, 4.69) is 5.32 Å². The highest BCUT2D eigenvalue weighted by Gasteiger charge is 2.11. The first kappa shape index (κ1) is 16.3. The van der Waals surface area contributed by atoms with Crippen LogP contribution >= 0.6 is 11.6 Å². The fourth-order valence-corrected chi connectivity index (χ4v) is 2.16. The van der Waals surface area contributed by atoms with Gasteiger partial charge in [0.1, 0.15) is 18.9 Å². The Morgan fingerprint density at radius 2 is 1.82 bits per heavy atom. The molecule has 22 heavy (non-hydrogen) atoms. The number of carbonyl (C=O) groups excluding carboxylic acids is 1. The van der Waals surface area contributed by atoms with Crippen LogP contribution in [0.15, 0.2) is 54.6 Å². The number of rotatable bonds is 7. The normalized spacial score (nSPS) is 11.7. The van der Waals surface area contributed by atoms with E-state index >= 15 is 0 Å². The molecule has 1 amide bonds. The molecule has 1 unspecified atom stereocenters. The van der Waals surface area contributed by atoms with Crippen LogP contribution < -0.4 is 15.0 Å². The summed E-state index contributed by atoms with van der Waals surface area (Å²) >= 11 is 6.01. The fourth-order valence-electron chi connectivity index (χ4n) is 1.98. The molecule has 2 aromatic carbocycles. The van der Waals surface area contributed by atoms with Crippen molar-refractivity contribution in [2.24, 2.45) is 0 Å². The molecule has 0 bridgehead atoms. The molecule has 0 fully saturated rings. The summed E-state index contributed by atoms with van der Waals surface area (Å²) in [6.07, 6.45) is 0. The van der Waals surface area contributed by atoms with Gasteiger partial charge in [0, 0.05) is 0 Å². The van der Waals surface area contributed by atoms with Crippen molar-refractivity contribution in [1.82, 2.24) is 0 Å². The molecule has 2 N–H and O–H groups in total. The van der Waals surface area contributed by atoms with E-state index in [1.54, 1.807) is 12.1 Å². The molecule has 0 saturated heterocycles. The molecule has 116 valence electrons. The van der Waals surface area contributed by atoms with Crippen molar-refractivity contribution >= 4 is 23.2 Å². The number of nitrogens with one attached hydrogen (secondary N) is 2. The maximum Gasteiger partial charge on any atom is 0.279 e. The molecule has 1 atom stereocenters. The molecular formula is C17H20ClN2O2+. The molecule has 0 spiro atoms. The predicted octanol–water partition coefficient (Wildman–Crippen LogP) is 1.87. The number of hydrogen-bond donors (Lipinski definition) is 2. The lowest BCUT2D eigenvalue weighted by Crippen LogP contribution is -3.10. The lowest BCUT2D eigenvalue weighted by atomic mass is 10.3. The van der Waals surface area contributed by atoms with Crippen LogP contribution in [-0.2, 0) is 4.79 Å². The third kappa shape index (κ3) is 5.39. The zero-order chi connectivity index (χ0) is 15.8. The van der Waals surface area contributed by atoms with Crippen LogP contribution in [0.3, 0.4) is 0 Å². The van der Waals surface area contributed by atoms with E-state index in [9.17, 15) is 4.79 Å². The van der Waals surface area contributed by atoms with Gasteiger partial charge in [0.15, 0.2) is 6.54 Å². The average molecular weight is 320 g/mol. The van der Waals surface area contributed by atoms with E-state index in [-0.39, 0.29) is 5.91 Å². The van der Waals surface area contributed by atoms with Crippen molar-refractivity contribution in [1.29, 1.82) is 0 Å². The molecule has 0 saturated carbocycles. The minimum Gasteiger partial charge on any atom is -0.488 e. The van der Waals surface area contributed by atoms with Crippen molar-refractivity contribution in [3.8, 4) is 5.75 Å². The molecule has 4 nitrogen and oxygen atoms in total. The number of likely N-dealkylation sites (N-methyl/N-ethyl adjacent to an activating group) is 1. The largest absolute Gasteiger partial charge is 0.488 e. The molecule has 0 heterocycles. The Hall–Kier alpha value is -2.04. The second-order valence-electron chi connectivity index (χ2n) is 5.07. The van der Waals surface area contributed by atoms with Crippen molar-refractivity contribution in [2.75, 3.05) is 32.1 Å². The summed E-state index contributed by atoms with van der Waals surface area (Å²) in [5.74, 6) is 0.779. The second kappa shape index (κ2) is 8.41. The SMILES string of the molecule is C[NH+](CCOc1ccccc1)CC(=O)Nc1ccccc1Cl. The summed E-state index contributed by atoms with van der Waals surface area (Å²) in [5.41, 5.74) is 0.641. The van der Waals surface area contributed by atoms with Gasteiger partial charge in [-0.05, 0) is 24.3 Å². The summed E-state index contributed by atoms with van der Waals surface area (Å²) in [6.45, 7) is 1.67. The number of halogens is 1. The number of ether oxygens (including phenoxy) is 1. The fraction of sp³-hybridized carbons (Fsp3) is 0.235. The predicted molar refractivity (Wildman–Crippen MR) is 88.6 cm³/mol. The smallest absolute Gasteiger partial charge is 0.279 e. The minimum absolute atomic E-state index is 0.0645. The quantitative estimate of drug-likeness (QED) is 0.818. The Morgan fingerprint density at radius 1 is 1.14 bits per heavy atom. The van der Waals surface area contributed by atoms with Crippen LogP contribution in [-0.4, -0.2) is 32.7 Å². The number of benzene rings is 2. The third-order valence-corrected chi connectivity index (χ3v) is 3.48. The Morgan fingerprint density at radius 3 is 2.55 bits per heavy atom. The number of carbonyl (C=O) groups is 1. The van der Waals surface area contributed by atoms with Crippen LogP contribution in [0.25, 0.3) is 0 Å². The Labute approximate surface area is 135 Å². The summed E-state index contributed by atoms with van der Waals surface area (Å²) in [4.78, 5) is 13.0. The zero-order valence-electron chi connectivity index (χ0n) is 12.5. The molecule has 2 aromatic rings. The van der Waals surface area contributed by atoms with Gasteiger partial charge in [-0.15, -0.1) is 0 Å². The molecule has 0 aliphatic heterocycles. The number of quaternary nitrogens is 1. The van der Waals surface area contributed by atoms with Gasteiger partial charge in [-0.1, -0.05) is 41.9 Å². The maximum absolute atomic E-state index is 12.0. The number of hydrogen-bond acceptors (Lipinski definition) is 2. The van der Waals surface area contributed by atoms with Crippen molar-refractivity contribution < 1.29 is 14.4 Å². The Balaban J connectivity index is 1.71. The average Bonchev–Trinajstić information content (AvgIpc) is 2.50. The van der Waals surface area contributed by atoms with E-state index in [0.29, 0.717) is 23.9 Å². The van der Waals surface area contributed by atoms with Gasteiger partial charge in [0.2, 0.25) is 0 Å². The van der Waals surface area contributed by atoms with Gasteiger partial charge >= 0.3 is 0 Å². The van der Waals surface area contributed by atoms with E-state index in [1.165, 1.54) is 0 Å². The highest BCUT2D eigenvalue weighted by Crippen LogP contribution is 2.19. The second-order valence-corrected chi connectivity index (χ2v) is 5.48. The van der Waals surface area contributed by atoms with Gasteiger partial charge in [0.05, 0.1) is 17.8 Å². The summed E-state index contributed by atoms with van der Waals surface area (Å²) in [5, 5.41) is 3.36. The molecule has 0 aliphatic rings. The highest BCUT2D eigenvalue weighted by atomic mass is 35.5. The van der Waals surface area contributed by atoms with Gasteiger partial charge in [-0.25, -0.2) is 0 Å². The van der Waals surface area contributed by atoms with E-state index in [4.69, 9.17) is 16.3 Å². The van der Waals surface area contributed by atoms with E-state index in [0.717, 1.165) is 17.2 Å². The molecule has 5 heteroatoms. The van der Waals surface area contributed by atoms with Crippen LogP contribution in [0.4, 0.5) is 5.69 Å². The van der Waals surface area contributed by atoms with Crippen molar-refractivity contribution in [3.05, 3.63) is 59.6 Å². The molecule has 0 aromatic heterocycles. The minimum atomic E-state index is -0.0645. The van der Waals surface area contributed by atoms with E-state index in [1.807, 2.05) is 49.5 Å². The van der Waals surface area contributed by atoms with Crippen LogP contribution in [0.1, 0.15) is 0 Å². The standard InChI is InChI=1S/C17H19ClN2O2/c1-20(11-12-22-14-7-3-2-4-8-14)13-17(21)19-16-10-6-5-9-15(16)18/h2-10H,11-13H2,1H3,(H,19,21)/p+1. The van der Waals surface area contributed by atoms with Crippen molar-refractivity contribution in [2.45, 2.75) is 0 Å². The first-order valence-electron chi connectivity index (χ1n) is 7.18. The monoisotopic (exact) mass is 319 g/mol. The molecule has 2 rings (SSSR count). The van der Waals surface area contributed by atoms with Gasteiger partial charge in [-0.2, -0.15) is 0 Å². The van der Waals surface area contributed by atoms with Crippen LogP contribution in [0.5, 0.6) is 5.75 Å². The van der Waals surface area contributed by atoms with E-state index < -0.39 is 0 Å². The summed E-state index contributed by atoms with van der Waals surface area (Å²) in [7, 11) is 1.96. The number of amides is 1. The number of para-hydroxylation sites is 2. The van der Waals surface area contributed by atoms with Gasteiger partial charge in [0.25, 0.3) is 5.91 Å². The summed E-state index contributed by atoms with van der Waals surface area (Å²) in [6, 6.07) is 16.9. The van der Waals surface area contributed by atoms with Gasteiger partial charge in [-0.3, -0.25) is 4.79 Å². The Bertz CT molecular complexity index is 605. The van der Waals surface area contributed by atoms with Crippen LogP contribution in [0, 0.1) is 0 Å². The van der Waals surface area contributed by atoms with Gasteiger partial charge < -0.3 is 15.0 Å². The zero-order valence-corrected chi connectivity index (χ0v) is 13.3. The molecule has 0 radical (unpaired) electrons. The highest BCUT2D eigenvalue weighted by molar-refractivity contribution is 6.33. The third-order valence-electron chi connectivity index (χ3n) is 3.15. The summed E-state index contributed by atoms with van der Waals surface area (Å²) < 4.78 is 5.62. The molecule has 0 aliphatic carbocycles. The van der Waals surface area contributed by atoms with Crippen molar-refractivity contribution in [3.63, 3.8) is 0 Å². The number of anilines is 1. The Kier molecular flexibility index (Phi) is 6.25. The van der Waals surface area contributed by atoms with Crippen LogP contribution in [0.2, 0.25) is 5.02 Å². The first-order valence-corrected chi connectivity index (χ1v) is 7.56. The lowest BCUT2D eigenvalue weighted by Gasteiger charge is -2.14.